The van der Waals surface area contributed by atoms with E-state index >= 15 is 0 Å². The van der Waals surface area contributed by atoms with Crippen LogP contribution in [-0.2, 0) is 17.8 Å². The SMILES string of the molecule is CN1C(=CC=C(C#N)C(=O)NCCC[Si](C)(O[Si](C)(C)C)O[Si](C)(C)C)OCC1(C)C. The number of likely N-dealkylation sites (N-methyl/N-ethyl adjacent to an activating group) is 1. The van der Waals surface area contributed by atoms with Crippen LogP contribution in [0.3, 0.4) is 0 Å². The molecule has 7 nitrogen and oxygen atoms in total. The summed E-state index contributed by atoms with van der Waals surface area (Å²) in [7, 11) is -3.87. The van der Waals surface area contributed by atoms with E-state index in [9.17, 15) is 10.1 Å². The highest BCUT2D eigenvalue weighted by Gasteiger charge is 2.39. The molecular formula is C21H41N3O4Si3. The highest BCUT2D eigenvalue weighted by Crippen LogP contribution is 2.27. The molecule has 1 rings (SSSR count). The molecule has 1 N–H and O–H groups in total. The monoisotopic (exact) mass is 483 g/mol. The van der Waals surface area contributed by atoms with E-state index in [4.69, 9.17) is 13.0 Å². The van der Waals surface area contributed by atoms with Gasteiger partial charge in [0.15, 0.2) is 22.5 Å². The summed E-state index contributed by atoms with van der Waals surface area (Å²) in [5, 5.41) is 12.2. The van der Waals surface area contributed by atoms with Crippen molar-refractivity contribution in [2.45, 2.75) is 77.7 Å². The molecule has 1 saturated heterocycles. The summed E-state index contributed by atoms with van der Waals surface area (Å²) < 4.78 is 18.6. The summed E-state index contributed by atoms with van der Waals surface area (Å²) in [5.41, 5.74) is -0.0488. The van der Waals surface area contributed by atoms with Gasteiger partial charge in [0.2, 0.25) is 0 Å². The van der Waals surface area contributed by atoms with Gasteiger partial charge in [0.05, 0.1) is 5.54 Å². The lowest BCUT2D eigenvalue weighted by molar-refractivity contribution is -0.117. The quantitative estimate of drug-likeness (QED) is 0.216. The standard InChI is InChI=1S/C21H41N3O4Si3/c1-21(2)17-26-19(24(21)3)13-12-18(16-22)20(25)23-14-11-15-31(10,27-29(4,5)6)28-30(7,8)9/h12-13H,11,14-15,17H2,1-10H3,(H,23,25). The van der Waals surface area contributed by atoms with E-state index in [-0.39, 0.29) is 17.0 Å². The smallest absolute Gasteiger partial charge is 0.314 e. The zero-order valence-corrected chi connectivity index (χ0v) is 24.0. The molecule has 176 valence electrons. The third kappa shape index (κ3) is 9.74. The van der Waals surface area contributed by atoms with Crippen molar-refractivity contribution in [3.8, 4) is 6.07 Å². The molecular weight excluding hydrogens is 443 g/mol. The first-order chi connectivity index (χ1) is 14.0. The zero-order valence-electron chi connectivity index (χ0n) is 21.0. The first-order valence-electron chi connectivity index (χ1n) is 10.9. The number of rotatable bonds is 10. The molecule has 1 aliphatic rings. The van der Waals surface area contributed by atoms with Gasteiger partial charge in [-0.2, -0.15) is 5.26 Å². The Kier molecular flexibility index (Phi) is 9.35. The number of carbonyl (C=O) groups excluding carboxylic acids is 1. The Labute approximate surface area is 191 Å². The Hall–Kier alpha value is -1.39. The summed E-state index contributed by atoms with van der Waals surface area (Å²) in [5.74, 6) is 0.277. The summed E-state index contributed by atoms with van der Waals surface area (Å²) in [6.45, 7) is 20.4. The van der Waals surface area contributed by atoms with Gasteiger partial charge >= 0.3 is 8.56 Å². The molecule has 0 aromatic carbocycles. The molecule has 0 saturated carbocycles. The maximum absolute atomic E-state index is 12.4. The molecule has 0 aliphatic carbocycles. The van der Waals surface area contributed by atoms with Crippen LogP contribution in [0.5, 0.6) is 0 Å². The normalized spacial score (nSPS) is 18.7. The molecule has 0 spiro atoms. The fraction of sp³-hybridized carbons (Fsp3) is 0.714. The molecule has 31 heavy (non-hydrogen) atoms. The third-order valence-electron chi connectivity index (χ3n) is 4.71. The highest BCUT2D eigenvalue weighted by atomic mass is 28.5. The average molecular weight is 484 g/mol. The van der Waals surface area contributed by atoms with Crippen molar-refractivity contribution in [1.29, 1.82) is 5.26 Å². The second-order valence-corrected chi connectivity index (χ2v) is 23.6. The molecule has 0 bridgehead atoms. The van der Waals surface area contributed by atoms with E-state index in [2.05, 4.69) is 65.0 Å². The van der Waals surface area contributed by atoms with Crippen LogP contribution >= 0.6 is 0 Å². The van der Waals surface area contributed by atoms with E-state index in [1.54, 1.807) is 6.08 Å². The molecule has 0 atom stereocenters. The number of allylic oxidation sites excluding steroid dienone is 2. The van der Waals surface area contributed by atoms with E-state index < -0.39 is 25.2 Å². The molecule has 1 aliphatic heterocycles. The molecule has 0 aromatic heterocycles. The zero-order chi connectivity index (χ0) is 24.1. The number of hydrogen-bond donors (Lipinski definition) is 1. The van der Waals surface area contributed by atoms with Gasteiger partial charge < -0.3 is 23.2 Å². The van der Waals surface area contributed by atoms with Gasteiger partial charge in [-0.05, 0) is 84.3 Å². The lowest BCUT2D eigenvalue weighted by Gasteiger charge is -2.38. The Morgan fingerprint density at radius 3 is 2.16 bits per heavy atom. The van der Waals surface area contributed by atoms with Crippen molar-refractivity contribution < 1.29 is 17.8 Å². The predicted octanol–water partition coefficient (Wildman–Crippen LogP) is 4.30. The van der Waals surface area contributed by atoms with Crippen LogP contribution < -0.4 is 5.32 Å². The highest BCUT2D eigenvalue weighted by molar-refractivity contribution is 6.87. The summed E-state index contributed by atoms with van der Waals surface area (Å²) in [4.78, 5) is 14.4. The van der Waals surface area contributed by atoms with Crippen LogP contribution in [0.1, 0.15) is 20.3 Å². The summed E-state index contributed by atoms with van der Waals surface area (Å²) in [6.07, 6.45) is 3.95. The lowest BCUT2D eigenvalue weighted by Crippen LogP contribution is -2.52. The molecule has 0 aromatic rings. The second kappa shape index (κ2) is 10.5. The van der Waals surface area contributed by atoms with Crippen molar-refractivity contribution in [3.05, 3.63) is 23.6 Å². The Morgan fingerprint density at radius 1 is 1.19 bits per heavy atom. The van der Waals surface area contributed by atoms with E-state index in [0.717, 1.165) is 12.5 Å². The maximum Gasteiger partial charge on any atom is 0.314 e. The van der Waals surface area contributed by atoms with Crippen LogP contribution in [0.25, 0.3) is 0 Å². The van der Waals surface area contributed by atoms with Crippen molar-refractivity contribution >= 4 is 31.1 Å². The van der Waals surface area contributed by atoms with Crippen molar-refractivity contribution in [3.63, 3.8) is 0 Å². The molecule has 10 heteroatoms. The second-order valence-electron chi connectivity index (χ2n) is 10.8. The fourth-order valence-corrected chi connectivity index (χ4v) is 15.9. The minimum absolute atomic E-state index is 0.0610. The predicted molar refractivity (Wildman–Crippen MR) is 132 cm³/mol. The van der Waals surface area contributed by atoms with Gasteiger partial charge in [-0.15, -0.1) is 0 Å². The average Bonchev–Trinajstić information content (AvgIpc) is 2.82. The van der Waals surface area contributed by atoms with Gasteiger partial charge in [0.1, 0.15) is 18.2 Å². The lowest BCUT2D eigenvalue weighted by atomic mass is 10.1. The number of hydrogen-bond acceptors (Lipinski definition) is 6. The van der Waals surface area contributed by atoms with Gasteiger partial charge in [-0.3, -0.25) is 4.79 Å². The number of ether oxygens (including phenoxy) is 1. The maximum atomic E-state index is 12.4. The summed E-state index contributed by atoms with van der Waals surface area (Å²) in [6, 6.07) is 2.79. The Balaban J connectivity index is 2.68. The first-order valence-corrected chi connectivity index (χ1v) is 20.2. The van der Waals surface area contributed by atoms with Crippen LogP contribution in [-0.4, -0.2) is 61.7 Å². The topological polar surface area (TPSA) is 83.8 Å². The van der Waals surface area contributed by atoms with E-state index in [0.29, 0.717) is 19.0 Å². The minimum atomic E-state index is -2.32. The number of carbonyl (C=O) groups is 1. The number of nitriles is 1. The van der Waals surface area contributed by atoms with Gasteiger partial charge in [-0.1, -0.05) is 0 Å². The molecule has 1 amide bonds. The Morgan fingerprint density at radius 2 is 1.74 bits per heavy atom. The van der Waals surface area contributed by atoms with Gasteiger partial charge in [-0.25, -0.2) is 0 Å². The largest absolute Gasteiger partial charge is 0.477 e. The molecule has 1 heterocycles. The number of nitrogens with one attached hydrogen (secondary N) is 1. The molecule has 1 fully saturated rings. The number of nitrogens with zero attached hydrogens (tertiary/aromatic N) is 2. The van der Waals surface area contributed by atoms with Crippen LogP contribution in [0.4, 0.5) is 0 Å². The van der Waals surface area contributed by atoms with E-state index in [1.807, 2.05) is 18.0 Å². The van der Waals surface area contributed by atoms with Crippen LogP contribution in [0.15, 0.2) is 23.6 Å². The van der Waals surface area contributed by atoms with Crippen molar-refractivity contribution in [2.24, 2.45) is 0 Å². The Bertz CT molecular complexity index is 730. The van der Waals surface area contributed by atoms with Crippen LogP contribution in [0, 0.1) is 11.3 Å². The molecule has 0 unspecified atom stereocenters. The van der Waals surface area contributed by atoms with Crippen LogP contribution in [0.2, 0.25) is 51.9 Å². The number of amides is 1. The van der Waals surface area contributed by atoms with Gasteiger partial charge in [0.25, 0.3) is 5.91 Å². The van der Waals surface area contributed by atoms with Gasteiger partial charge in [0, 0.05) is 13.6 Å². The van der Waals surface area contributed by atoms with E-state index in [1.165, 1.54) is 6.08 Å². The molecule has 0 radical (unpaired) electrons. The van der Waals surface area contributed by atoms with Crippen molar-refractivity contribution in [2.75, 3.05) is 20.2 Å². The van der Waals surface area contributed by atoms with Crippen molar-refractivity contribution in [1.82, 2.24) is 10.2 Å². The fourth-order valence-electron chi connectivity index (χ4n) is 3.35. The summed E-state index contributed by atoms with van der Waals surface area (Å²) >= 11 is 0. The third-order valence-corrected chi connectivity index (χ3v) is 14.3. The first kappa shape index (κ1) is 27.6. The minimum Gasteiger partial charge on any atom is -0.477 e.